The van der Waals surface area contributed by atoms with Crippen molar-refractivity contribution < 1.29 is 22.3 Å². The molecule has 0 saturated carbocycles. The predicted octanol–water partition coefficient (Wildman–Crippen LogP) is 4.02. The van der Waals surface area contributed by atoms with E-state index in [9.17, 15) is 12.8 Å². The Labute approximate surface area is 157 Å². The van der Waals surface area contributed by atoms with Crippen LogP contribution in [0.3, 0.4) is 0 Å². The topological polar surface area (TPSA) is 55.8 Å². The summed E-state index contributed by atoms with van der Waals surface area (Å²) in [6.45, 7) is 0.301. The van der Waals surface area contributed by atoms with Crippen molar-refractivity contribution in [2.75, 3.05) is 20.8 Å². The molecule has 1 aliphatic heterocycles. The smallest absolute Gasteiger partial charge is 0.246 e. The molecule has 1 heterocycles. The summed E-state index contributed by atoms with van der Waals surface area (Å²) in [4.78, 5) is -0.379. The molecule has 1 atom stereocenters. The van der Waals surface area contributed by atoms with Crippen molar-refractivity contribution in [3.05, 3.63) is 52.8 Å². The van der Waals surface area contributed by atoms with Crippen molar-refractivity contribution >= 4 is 21.6 Å². The summed E-state index contributed by atoms with van der Waals surface area (Å²) in [6, 6.07) is 8.36. The van der Waals surface area contributed by atoms with Crippen molar-refractivity contribution in [2.24, 2.45) is 0 Å². The number of ether oxygens (including phenoxy) is 2. The molecule has 0 spiro atoms. The van der Waals surface area contributed by atoms with Gasteiger partial charge in [-0.1, -0.05) is 11.6 Å². The van der Waals surface area contributed by atoms with E-state index in [1.54, 1.807) is 18.2 Å². The molecule has 0 unspecified atom stereocenters. The minimum Gasteiger partial charge on any atom is -0.497 e. The molecule has 26 heavy (non-hydrogen) atoms. The van der Waals surface area contributed by atoms with Crippen LogP contribution < -0.4 is 9.47 Å². The minimum atomic E-state index is -4.02. The lowest BCUT2D eigenvalue weighted by molar-refractivity contribution is 0.360. The highest BCUT2D eigenvalue weighted by Crippen LogP contribution is 2.42. The molecule has 3 rings (SSSR count). The molecule has 0 N–H and O–H groups in total. The number of benzene rings is 2. The van der Waals surface area contributed by atoms with E-state index in [0.29, 0.717) is 36.4 Å². The molecule has 0 bridgehead atoms. The summed E-state index contributed by atoms with van der Waals surface area (Å²) >= 11 is 5.75. The second-order valence-electron chi connectivity index (χ2n) is 5.96. The maximum Gasteiger partial charge on any atom is 0.246 e. The zero-order valence-corrected chi connectivity index (χ0v) is 16.0. The van der Waals surface area contributed by atoms with Crippen LogP contribution in [0.5, 0.6) is 11.5 Å². The minimum absolute atomic E-state index is 0.147. The average molecular weight is 400 g/mol. The van der Waals surface area contributed by atoms with Crippen molar-refractivity contribution in [1.82, 2.24) is 4.31 Å². The van der Waals surface area contributed by atoms with E-state index in [0.717, 1.165) is 6.07 Å². The summed E-state index contributed by atoms with van der Waals surface area (Å²) in [5.74, 6) is 0.304. The van der Waals surface area contributed by atoms with Crippen LogP contribution in [0.25, 0.3) is 0 Å². The Bertz CT molecular complexity index is 919. The number of halogens is 2. The van der Waals surface area contributed by atoms with Gasteiger partial charge in [-0.05, 0) is 49.2 Å². The highest BCUT2D eigenvalue weighted by molar-refractivity contribution is 7.89. The SMILES string of the molecule is COc1ccc(OC)c([C@H]2CCCN2S(=O)(=O)c2ccc(Cl)cc2F)c1. The summed E-state index contributed by atoms with van der Waals surface area (Å²) in [7, 11) is -0.959. The van der Waals surface area contributed by atoms with E-state index in [1.165, 1.54) is 30.7 Å². The first-order valence-electron chi connectivity index (χ1n) is 8.07. The quantitative estimate of drug-likeness (QED) is 0.761. The van der Waals surface area contributed by atoms with Crippen LogP contribution in [0.4, 0.5) is 4.39 Å². The molecule has 0 radical (unpaired) electrons. The fourth-order valence-electron chi connectivity index (χ4n) is 3.25. The van der Waals surface area contributed by atoms with Crippen molar-refractivity contribution in [1.29, 1.82) is 0 Å². The second kappa shape index (κ2) is 7.42. The van der Waals surface area contributed by atoms with Crippen LogP contribution in [0, 0.1) is 5.82 Å². The standard InChI is InChI=1S/C18H19ClFNO4S/c1-24-13-6-7-17(25-2)14(11-13)16-4-3-9-21(16)26(22,23)18-8-5-12(19)10-15(18)20/h5-8,10-11,16H,3-4,9H2,1-2H3/t16-/m1/s1. The molecule has 140 valence electrons. The first kappa shape index (κ1) is 18.9. The number of hydrogen-bond donors (Lipinski definition) is 0. The van der Waals surface area contributed by atoms with Crippen LogP contribution in [0.15, 0.2) is 41.3 Å². The molecule has 8 heteroatoms. The van der Waals surface area contributed by atoms with Gasteiger partial charge in [-0.25, -0.2) is 12.8 Å². The third-order valence-corrected chi connectivity index (χ3v) is 6.66. The molecule has 2 aromatic carbocycles. The number of nitrogens with zero attached hydrogens (tertiary/aromatic N) is 1. The molecule has 0 aromatic heterocycles. The molecular formula is C18H19ClFNO4S. The Morgan fingerprint density at radius 3 is 2.58 bits per heavy atom. The Morgan fingerprint density at radius 2 is 1.92 bits per heavy atom. The number of methoxy groups -OCH3 is 2. The van der Waals surface area contributed by atoms with Gasteiger partial charge in [0.05, 0.1) is 20.3 Å². The van der Waals surface area contributed by atoms with E-state index in [4.69, 9.17) is 21.1 Å². The average Bonchev–Trinajstić information content (AvgIpc) is 3.11. The summed E-state index contributed by atoms with van der Waals surface area (Å²) in [5, 5.41) is 0.147. The first-order valence-corrected chi connectivity index (χ1v) is 9.89. The van der Waals surface area contributed by atoms with E-state index < -0.39 is 21.9 Å². The lowest BCUT2D eigenvalue weighted by Gasteiger charge is -2.26. The summed E-state index contributed by atoms with van der Waals surface area (Å²) in [5.41, 5.74) is 0.697. The van der Waals surface area contributed by atoms with Gasteiger partial charge in [0, 0.05) is 17.1 Å². The van der Waals surface area contributed by atoms with Gasteiger partial charge < -0.3 is 9.47 Å². The lowest BCUT2D eigenvalue weighted by Crippen LogP contribution is -2.31. The third-order valence-electron chi connectivity index (χ3n) is 4.48. The molecule has 0 amide bonds. The van der Waals surface area contributed by atoms with E-state index in [1.807, 2.05) is 0 Å². The highest BCUT2D eigenvalue weighted by atomic mass is 35.5. The monoisotopic (exact) mass is 399 g/mol. The molecule has 0 aliphatic carbocycles. The van der Waals surface area contributed by atoms with Crippen molar-refractivity contribution in [2.45, 2.75) is 23.8 Å². The second-order valence-corrected chi connectivity index (χ2v) is 8.25. The highest BCUT2D eigenvalue weighted by Gasteiger charge is 2.39. The Morgan fingerprint density at radius 1 is 1.15 bits per heavy atom. The van der Waals surface area contributed by atoms with Crippen LogP contribution in [-0.4, -0.2) is 33.5 Å². The fourth-order valence-corrected chi connectivity index (χ4v) is 5.13. The van der Waals surface area contributed by atoms with E-state index in [2.05, 4.69) is 0 Å². The van der Waals surface area contributed by atoms with E-state index >= 15 is 0 Å². The third kappa shape index (κ3) is 3.39. The van der Waals surface area contributed by atoms with Crippen LogP contribution >= 0.6 is 11.6 Å². The van der Waals surface area contributed by atoms with Crippen molar-refractivity contribution in [3.63, 3.8) is 0 Å². The summed E-state index contributed by atoms with van der Waals surface area (Å²) in [6.07, 6.45) is 1.28. The Balaban J connectivity index is 2.06. The van der Waals surface area contributed by atoms with Gasteiger partial charge in [0.25, 0.3) is 0 Å². The fraction of sp³-hybridized carbons (Fsp3) is 0.333. The molecule has 2 aromatic rings. The van der Waals surface area contributed by atoms with Gasteiger partial charge >= 0.3 is 0 Å². The maximum absolute atomic E-state index is 14.3. The lowest BCUT2D eigenvalue weighted by atomic mass is 10.0. The van der Waals surface area contributed by atoms with Crippen LogP contribution in [0.1, 0.15) is 24.4 Å². The van der Waals surface area contributed by atoms with Gasteiger partial charge in [0.2, 0.25) is 10.0 Å². The Kier molecular flexibility index (Phi) is 5.41. The molecule has 1 aliphatic rings. The zero-order valence-electron chi connectivity index (χ0n) is 14.4. The van der Waals surface area contributed by atoms with E-state index in [-0.39, 0.29) is 9.92 Å². The molecule has 5 nitrogen and oxygen atoms in total. The van der Waals surface area contributed by atoms with Crippen LogP contribution in [-0.2, 0) is 10.0 Å². The zero-order chi connectivity index (χ0) is 18.9. The Hall–Kier alpha value is -1.83. The number of sulfonamides is 1. The van der Waals surface area contributed by atoms with Gasteiger partial charge in [0.15, 0.2) is 0 Å². The normalized spacial score (nSPS) is 18.1. The number of hydrogen-bond acceptors (Lipinski definition) is 4. The molecular weight excluding hydrogens is 381 g/mol. The molecule has 1 fully saturated rings. The van der Waals surface area contributed by atoms with Gasteiger partial charge in [-0.3, -0.25) is 0 Å². The van der Waals surface area contributed by atoms with Gasteiger partial charge in [-0.15, -0.1) is 0 Å². The number of rotatable bonds is 5. The van der Waals surface area contributed by atoms with Crippen LogP contribution in [0.2, 0.25) is 5.02 Å². The van der Waals surface area contributed by atoms with Gasteiger partial charge in [-0.2, -0.15) is 4.31 Å². The van der Waals surface area contributed by atoms with Crippen molar-refractivity contribution in [3.8, 4) is 11.5 Å². The molecule has 1 saturated heterocycles. The maximum atomic E-state index is 14.3. The van der Waals surface area contributed by atoms with Gasteiger partial charge in [0.1, 0.15) is 22.2 Å². The predicted molar refractivity (Wildman–Crippen MR) is 96.8 cm³/mol. The summed E-state index contributed by atoms with van der Waals surface area (Å²) < 4.78 is 52.4. The first-order chi connectivity index (χ1) is 12.4. The largest absolute Gasteiger partial charge is 0.497 e.